The van der Waals surface area contributed by atoms with E-state index in [1.54, 1.807) is 13.3 Å². The summed E-state index contributed by atoms with van der Waals surface area (Å²) >= 11 is 0. The summed E-state index contributed by atoms with van der Waals surface area (Å²) in [6.07, 6.45) is 2.76. The van der Waals surface area contributed by atoms with E-state index in [2.05, 4.69) is 24.1 Å². The SMILES string of the molecule is CCNC(CC)c1ccc(Oc2ccccc2OC)cn1. The first-order valence-corrected chi connectivity index (χ1v) is 7.28. The molecule has 0 saturated carbocycles. The number of rotatable bonds is 7. The number of aromatic nitrogens is 1. The summed E-state index contributed by atoms with van der Waals surface area (Å²) in [6.45, 7) is 5.18. The van der Waals surface area contributed by atoms with Crippen molar-refractivity contribution in [2.45, 2.75) is 26.3 Å². The second-order valence-corrected chi connectivity index (χ2v) is 4.69. The van der Waals surface area contributed by atoms with Crippen LogP contribution in [-0.2, 0) is 0 Å². The molecule has 4 nitrogen and oxygen atoms in total. The monoisotopic (exact) mass is 286 g/mol. The van der Waals surface area contributed by atoms with Crippen molar-refractivity contribution in [1.82, 2.24) is 10.3 Å². The van der Waals surface area contributed by atoms with Crippen molar-refractivity contribution in [3.63, 3.8) is 0 Å². The van der Waals surface area contributed by atoms with Crippen molar-refractivity contribution in [2.24, 2.45) is 0 Å². The van der Waals surface area contributed by atoms with Gasteiger partial charge in [-0.3, -0.25) is 4.98 Å². The third-order valence-corrected chi connectivity index (χ3v) is 3.27. The van der Waals surface area contributed by atoms with Crippen molar-refractivity contribution in [3.8, 4) is 17.2 Å². The van der Waals surface area contributed by atoms with Crippen LogP contribution in [0.2, 0.25) is 0 Å². The molecule has 1 aromatic carbocycles. The molecule has 1 N–H and O–H groups in total. The number of methoxy groups -OCH3 is 1. The zero-order valence-electron chi connectivity index (χ0n) is 12.8. The summed E-state index contributed by atoms with van der Waals surface area (Å²) in [7, 11) is 1.63. The molecule has 2 rings (SSSR count). The maximum atomic E-state index is 5.82. The van der Waals surface area contributed by atoms with Gasteiger partial charge in [-0.05, 0) is 37.2 Å². The summed E-state index contributed by atoms with van der Waals surface area (Å²) < 4.78 is 11.1. The lowest BCUT2D eigenvalue weighted by atomic mass is 10.1. The van der Waals surface area contributed by atoms with Gasteiger partial charge in [0, 0.05) is 6.04 Å². The van der Waals surface area contributed by atoms with Crippen LogP contribution in [-0.4, -0.2) is 18.6 Å². The van der Waals surface area contributed by atoms with Gasteiger partial charge in [0.05, 0.1) is 19.0 Å². The van der Waals surface area contributed by atoms with Gasteiger partial charge < -0.3 is 14.8 Å². The molecule has 4 heteroatoms. The molecule has 0 saturated heterocycles. The number of nitrogens with one attached hydrogen (secondary N) is 1. The fourth-order valence-corrected chi connectivity index (χ4v) is 2.19. The van der Waals surface area contributed by atoms with Crippen molar-refractivity contribution >= 4 is 0 Å². The van der Waals surface area contributed by atoms with Crippen LogP contribution in [0.1, 0.15) is 32.0 Å². The molecule has 0 aliphatic heterocycles. The number of pyridine rings is 1. The van der Waals surface area contributed by atoms with E-state index in [0.29, 0.717) is 17.2 Å². The van der Waals surface area contributed by atoms with Crippen LogP contribution in [0.5, 0.6) is 17.2 Å². The Kier molecular flexibility index (Phi) is 5.58. The van der Waals surface area contributed by atoms with E-state index in [1.165, 1.54) is 0 Å². The van der Waals surface area contributed by atoms with Crippen LogP contribution in [0.25, 0.3) is 0 Å². The number of nitrogens with zero attached hydrogens (tertiary/aromatic N) is 1. The quantitative estimate of drug-likeness (QED) is 0.837. The van der Waals surface area contributed by atoms with Gasteiger partial charge >= 0.3 is 0 Å². The van der Waals surface area contributed by atoms with Crippen LogP contribution >= 0.6 is 0 Å². The van der Waals surface area contributed by atoms with Crippen molar-refractivity contribution in [3.05, 3.63) is 48.3 Å². The Bertz CT molecular complexity index is 555. The largest absolute Gasteiger partial charge is 0.493 e. The lowest BCUT2D eigenvalue weighted by Gasteiger charge is -2.15. The molecule has 0 radical (unpaired) electrons. The molecule has 21 heavy (non-hydrogen) atoms. The Hall–Kier alpha value is -2.07. The number of hydrogen-bond acceptors (Lipinski definition) is 4. The van der Waals surface area contributed by atoms with E-state index in [0.717, 1.165) is 18.7 Å². The second-order valence-electron chi connectivity index (χ2n) is 4.69. The minimum absolute atomic E-state index is 0.287. The molecule has 0 spiro atoms. The van der Waals surface area contributed by atoms with E-state index in [-0.39, 0.29) is 6.04 Å². The lowest BCUT2D eigenvalue weighted by Crippen LogP contribution is -2.20. The number of benzene rings is 1. The van der Waals surface area contributed by atoms with Crippen molar-refractivity contribution in [1.29, 1.82) is 0 Å². The first-order valence-electron chi connectivity index (χ1n) is 7.28. The third-order valence-electron chi connectivity index (χ3n) is 3.27. The van der Waals surface area contributed by atoms with Gasteiger partial charge in [-0.2, -0.15) is 0 Å². The average Bonchev–Trinajstić information content (AvgIpc) is 2.54. The topological polar surface area (TPSA) is 43.4 Å². The normalized spacial score (nSPS) is 12.0. The third kappa shape index (κ3) is 3.95. The molecule has 0 aliphatic carbocycles. The van der Waals surface area contributed by atoms with Gasteiger partial charge in [-0.15, -0.1) is 0 Å². The van der Waals surface area contributed by atoms with E-state index in [4.69, 9.17) is 9.47 Å². The maximum Gasteiger partial charge on any atom is 0.169 e. The van der Waals surface area contributed by atoms with Gasteiger partial charge in [0.25, 0.3) is 0 Å². The standard InChI is InChI=1S/C17H22N2O2/c1-4-14(18-5-2)15-11-10-13(12-19-15)21-17-9-7-6-8-16(17)20-3/h6-12,14,18H,4-5H2,1-3H3. The molecule has 0 aliphatic rings. The second kappa shape index (κ2) is 7.64. The molecule has 0 fully saturated rings. The molecule has 1 atom stereocenters. The molecular formula is C17H22N2O2. The van der Waals surface area contributed by atoms with Gasteiger partial charge in [0.1, 0.15) is 5.75 Å². The van der Waals surface area contributed by atoms with Gasteiger partial charge in [0.15, 0.2) is 11.5 Å². The van der Waals surface area contributed by atoms with Gasteiger partial charge in [-0.1, -0.05) is 26.0 Å². The Morgan fingerprint density at radius 1 is 1.10 bits per heavy atom. The summed E-state index contributed by atoms with van der Waals surface area (Å²) in [6, 6.07) is 11.8. The zero-order valence-corrected chi connectivity index (χ0v) is 12.8. The predicted molar refractivity (Wildman–Crippen MR) is 84.0 cm³/mol. The predicted octanol–water partition coefficient (Wildman–Crippen LogP) is 3.94. The van der Waals surface area contributed by atoms with Crippen molar-refractivity contribution in [2.75, 3.05) is 13.7 Å². The van der Waals surface area contributed by atoms with Crippen LogP contribution in [0.3, 0.4) is 0 Å². The summed E-state index contributed by atoms with van der Waals surface area (Å²) in [5, 5.41) is 3.41. The molecule has 0 bridgehead atoms. The molecule has 1 heterocycles. The van der Waals surface area contributed by atoms with Crippen molar-refractivity contribution < 1.29 is 9.47 Å². The number of ether oxygens (including phenoxy) is 2. The zero-order chi connectivity index (χ0) is 15.1. The first-order chi connectivity index (χ1) is 10.3. The van der Waals surface area contributed by atoms with Crippen LogP contribution in [0.4, 0.5) is 0 Å². The Labute approximate surface area is 126 Å². The van der Waals surface area contributed by atoms with E-state index < -0.39 is 0 Å². The Balaban J connectivity index is 2.12. The highest BCUT2D eigenvalue weighted by Crippen LogP contribution is 2.30. The first kappa shape index (κ1) is 15.3. The fourth-order valence-electron chi connectivity index (χ4n) is 2.19. The van der Waals surface area contributed by atoms with Gasteiger partial charge in [-0.25, -0.2) is 0 Å². The van der Waals surface area contributed by atoms with Crippen LogP contribution < -0.4 is 14.8 Å². The Morgan fingerprint density at radius 2 is 1.86 bits per heavy atom. The Morgan fingerprint density at radius 3 is 2.43 bits per heavy atom. The summed E-state index contributed by atoms with van der Waals surface area (Å²) in [5.74, 6) is 2.10. The highest BCUT2D eigenvalue weighted by Gasteiger charge is 2.10. The van der Waals surface area contributed by atoms with Crippen LogP contribution in [0.15, 0.2) is 42.6 Å². The molecule has 112 valence electrons. The lowest BCUT2D eigenvalue weighted by molar-refractivity contribution is 0.378. The molecule has 1 unspecified atom stereocenters. The number of para-hydroxylation sites is 2. The van der Waals surface area contributed by atoms with Gasteiger partial charge in [0.2, 0.25) is 0 Å². The number of hydrogen-bond donors (Lipinski definition) is 1. The molecule has 2 aromatic rings. The molecule has 1 aromatic heterocycles. The molecular weight excluding hydrogens is 264 g/mol. The van der Waals surface area contributed by atoms with Crippen LogP contribution in [0, 0.1) is 0 Å². The highest BCUT2D eigenvalue weighted by molar-refractivity contribution is 5.42. The van der Waals surface area contributed by atoms with E-state index in [9.17, 15) is 0 Å². The van der Waals surface area contributed by atoms with E-state index >= 15 is 0 Å². The van der Waals surface area contributed by atoms with E-state index in [1.807, 2.05) is 36.4 Å². The summed E-state index contributed by atoms with van der Waals surface area (Å²) in [4.78, 5) is 4.49. The highest BCUT2D eigenvalue weighted by atomic mass is 16.5. The molecule has 0 amide bonds. The minimum Gasteiger partial charge on any atom is -0.493 e. The average molecular weight is 286 g/mol. The fraction of sp³-hybridized carbons (Fsp3) is 0.353. The summed E-state index contributed by atoms with van der Waals surface area (Å²) in [5.41, 5.74) is 1.03. The minimum atomic E-state index is 0.287. The smallest absolute Gasteiger partial charge is 0.169 e. The maximum absolute atomic E-state index is 5.82.